The van der Waals surface area contributed by atoms with Gasteiger partial charge >= 0.3 is 5.97 Å². The van der Waals surface area contributed by atoms with Crippen molar-refractivity contribution in [1.29, 1.82) is 4.78 Å². The summed E-state index contributed by atoms with van der Waals surface area (Å²) in [5.41, 5.74) is 7.35. The van der Waals surface area contributed by atoms with E-state index in [1.54, 1.807) is 13.0 Å². The molecule has 0 fully saturated rings. The summed E-state index contributed by atoms with van der Waals surface area (Å²) in [5, 5.41) is 8.76. The Balaban J connectivity index is 2.72. The van der Waals surface area contributed by atoms with Gasteiger partial charge in [-0.15, -0.1) is 0 Å². The highest BCUT2D eigenvalue weighted by atomic mass is 32.2. The Hall–Kier alpha value is -1.99. The summed E-state index contributed by atoms with van der Waals surface area (Å²) >= 11 is 0. The van der Waals surface area contributed by atoms with Crippen molar-refractivity contribution in [2.75, 3.05) is 11.5 Å². The highest BCUT2D eigenvalue weighted by Gasteiger charge is 2.17. The van der Waals surface area contributed by atoms with Crippen LogP contribution in [0.2, 0.25) is 0 Å². The zero-order valence-corrected chi connectivity index (χ0v) is 16.0. The van der Waals surface area contributed by atoms with Crippen molar-refractivity contribution >= 4 is 21.3 Å². The summed E-state index contributed by atoms with van der Waals surface area (Å²) in [4.78, 5) is 10.7. The molecule has 0 heterocycles. The lowest BCUT2D eigenvalue weighted by molar-refractivity contribution is -0.138. The Labute approximate surface area is 154 Å². The molecule has 0 aliphatic heterocycles. The van der Waals surface area contributed by atoms with Crippen LogP contribution in [0.25, 0.3) is 5.57 Å². The first-order chi connectivity index (χ1) is 12.1. The number of carboxylic acids is 1. The van der Waals surface area contributed by atoms with Gasteiger partial charge in [0.2, 0.25) is 0 Å². The summed E-state index contributed by atoms with van der Waals surface area (Å²) in [6.45, 7) is 7.31. The van der Waals surface area contributed by atoms with Gasteiger partial charge in [-0.2, -0.15) is 0 Å². The molecule has 0 aromatic heterocycles. The van der Waals surface area contributed by atoms with Gasteiger partial charge in [0.15, 0.2) is 0 Å². The van der Waals surface area contributed by atoms with Crippen LogP contribution in [0.15, 0.2) is 42.7 Å². The molecule has 7 heteroatoms. The lowest BCUT2D eigenvalue weighted by Crippen LogP contribution is -2.32. The highest BCUT2D eigenvalue weighted by molar-refractivity contribution is 7.92. The number of nitrogens with one attached hydrogen (secondary N) is 1. The lowest BCUT2D eigenvalue weighted by atomic mass is 9.94. The number of hydrogen-bond acceptors (Lipinski definition) is 4. The van der Waals surface area contributed by atoms with Crippen LogP contribution in [0.4, 0.5) is 4.39 Å². The third-order valence-corrected chi connectivity index (χ3v) is 6.09. The van der Waals surface area contributed by atoms with Gasteiger partial charge in [0.05, 0.1) is 0 Å². The van der Waals surface area contributed by atoms with Crippen LogP contribution in [0, 0.1) is 4.78 Å². The van der Waals surface area contributed by atoms with Gasteiger partial charge in [-0.25, -0.2) is 8.60 Å². The standard InChI is InChI=1S/C19H27FN2O3S/c1-4-17(20)14(3)16-7-5-6-15(12-16)13(2)8-10-26(22,25)11-9-18(21)19(23)24/h4-7,12-13,18,22H,3,8-11,21H2,1-2H3,(H,23,24)/b17-4+/t13?,18-,26?/m0/s1. The number of hydrogen-bond donors (Lipinski definition) is 3. The Kier molecular flexibility index (Phi) is 8.17. The molecule has 0 radical (unpaired) electrons. The summed E-state index contributed by atoms with van der Waals surface area (Å²) in [6.07, 6.45) is 1.88. The molecule has 0 bridgehead atoms. The molecule has 0 amide bonds. The smallest absolute Gasteiger partial charge is 0.320 e. The fraction of sp³-hybridized carbons (Fsp3) is 0.421. The van der Waals surface area contributed by atoms with Crippen LogP contribution in [-0.4, -0.2) is 32.8 Å². The monoisotopic (exact) mass is 382 g/mol. The van der Waals surface area contributed by atoms with E-state index in [2.05, 4.69) is 6.58 Å². The zero-order chi connectivity index (χ0) is 19.9. The number of carboxylic acid groups (broad SMARTS) is 1. The molecule has 0 aliphatic carbocycles. The number of nitrogens with two attached hydrogens (primary N) is 1. The van der Waals surface area contributed by atoms with E-state index in [1.165, 1.54) is 6.08 Å². The van der Waals surface area contributed by atoms with Crippen LogP contribution >= 0.6 is 0 Å². The fourth-order valence-electron chi connectivity index (χ4n) is 2.42. The molecule has 1 rings (SSSR count). The minimum atomic E-state index is -2.89. The van der Waals surface area contributed by atoms with E-state index in [-0.39, 0.29) is 29.7 Å². The number of benzene rings is 1. The van der Waals surface area contributed by atoms with Gasteiger partial charge in [0.25, 0.3) is 0 Å². The van der Waals surface area contributed by atoms with Crippen molar-refractivity contribution in [3.8, 4) is 0 Å². The average molecular weight is 383 g/mol. The molecule has 26 heavy (non-hydrogen) atoms. The second kappa shape index (κ2) is 9.64. The summed E-state index contributed by atoms with van der Waals surface area (Å²) < 4.78 is 33.9. The quantitative estimate of drug-likeness (QED) is 0.534. The van der Waals surface area contributed by atoms with Crippen LogP contribution in [0.1, 0.15) is 43.7 Å². The number of carbonyl (C=O) groups is 1. The molecule has 0 aliphatic rings. The average Bonchev–Trinajstić information content (AvgIpc) is 2.62. The molecular formula is C19H27FN2O3S. The van der Waals surface area contributed by atoms with E-state index in [0.29, 0.717) is 17.6 Å². The minimum Gasteiger partial charge on any atom is -0.480 e. The molecule has 0 saturated carbocycles. The van der Waals surface area contributed by atoms with Crippen molar-refractivity contribution in [3.05, 3.63) is 53.9 Å². The minimum absolute atomic E-state index is 0.0178. The van der Waals surface area contributed by atoms with Crippen LogP contribution in [0.5, 0.6) is 0 Å². The van der Waals surface area contributed by atoms with Gasteiger partial charge in [0, 0.05) is 26.8 Å². The highest BCUT2D eigenvalue weighted by Crippen LogP contribution is 2.27. The van der Waals surface area contributed by atoms with E-state index in [0.717, 1.165) is 5.56 Å². The van der Waals surface area contributed by atoms with Crippen molar-refractivity contribution in [2.24, 2.45) is 5.73 Å². The summed E-state index contributed by atoms with van der Waals surface area (Å²) in [5.74, 6) is -1.38. The molecule has 0 spiro atoms. The van der Waals surface area contributed by atoms with Gasteiger partial charge in [0.1, 0.15) is 11.9 Å². The zero-order valence-electron chi connectivity index (χ0n) is 15.2. The maximum atomic E-state index is 13.7. The van der Waals surface area contributed by atoms with E-state index in [9.17, 15) is 13.4 Å². The molecule has 5 nitrogen and oxygen atoms in total. The molecule has 0 saturated heterocycles. The van der Waals surface area contributed by atoms with Crippen LogP contribution in [-0.2, 0) is 14.5 Å². The second-order valence-corrected chi connectivity index (χ2v) is 8.82. The molecule has 1 aromatic carbocycles. The fourth-order valence-corrected chi connectivity index (χ4v) is 3.99. The van der Waals surface area contributed by atoms with Crippen LogP contribution < -0.4 is 5.73 Å². The Morgan fingerprint density at radius 2 is 2.04 bits per heavy atom. The molecule has 4 N–H and O–H groups in total. The van der Waals surface area contributed by atoms with Gasteiger partial charge < -0.3 is 10.8 Å². The molecule has 3 atom stereocenters. The largest absolute Gasteiger partial charge is 0.480 e. The van der Waals surface area contributed by atoms with Gasteiger partial charge in [-0.1, -0.05) is 43.8 Å². The topological polar surface area (TPSA) is 104 Å². The van der Waals surface area contributed by atoms with E-state index in [4.69, 9.17) is 15.6 Å². The van der Waals surface area contributed by atoms with Crippen molar-refractivity contribution < 1.29 is 18.5 Å². The Morgan fingerprint density at radius 1 is 1.42 bits per heavy atom. The predicted molar refractivity (Wildman–Crippen MR) is 104 cm³/mol. The number of halogens is 1. The first kappa shape index (κ1) is 22.1. The maximum absolute atomic E-state index is 13.7. The lowest BCUT2D eigenvalue weighted by Gasteiger charge is -2.15. The first-order valence-corrected chi connectivity index (χ1v) is 10.3. The van der Waals surface area contributed by atoms with E-state index < -0.39 is 21.7 Å². The third kappa shape index (κ3) is 6.72. The van der Waals surface area contributed by atoms with Gasteiger partial charge in [-0.05, 0) is 36.8 Å². The SMILES string of the molecule is C=C(/C(F)=C\C)c1cccc(C(C)CCS(=N)(=O)CC[C@H](N)C(=O)O)c1. The Morgan fingerprint density at radius 3 is 2.62 bits per heavy atom. The summed E-state index contributed by atoms with van der Waals surface area (Å²) in [7, 11) is -2.89. The van der Waals surface area contributed by atoms with Crippen molar-refractivity contribution in [1.82, 2.24) is 0 Å². The van der Waals surface area contributed by atoms with Crippen LogP contribution in [0.3, 0.4) is 0 Å². The second-order valence-electron chi connectivity index (χ2n) is 6.38. The number of rotatable bonds is 10. The number of aliphatic carboxylic acids is 1. The molecule has 144 valence electrons. The third-order valence-electron chi connectivity index (χ3n) is 4.30. The molecule has 2 unspecified atom stereocenters. The van der Waals surface area contributed by atoms with E-state index in [1.807, 2.05) is 25.1 Å². The van der Waals surface area contributed by atoms with Crippen molar-refractivity contribution in [3.63, 3.8) is 0 Å². The van der Waals surface area contributed by atoms with Gasteiger partial charge in [-0.3, -0.25) is 9.57 Å². The normalized spacial score (nSPS) is 16.5. The predicted octanol–water partition coefficient (Wildman–Crippen LogP) is 3.92. The first-order valence-electron chi connectivity index (χ1n) is 8.41. The number of allylic oxidation sites excluding steroid dienone is 3. The maximum Gasteiger partial charge on any atom is 0.320 e. The molecular weight excluding hydrogens is 355 g/mol. The Bertz CT molecular complexity index is 788. The van der Waals surface area contributed by atoms with Crippen molar-refractivity contribution in [2.45, 2.75) is 38.6 Å². The molecule has 1 aromatic rings. The summed E-state index contributed by atoms with van der Waals surface area (Å²) in [6, 6.07) is 6.26. The van der Waals surface area contributed by atoms with E-state index >= 15 is 0 Å².